The Morgan fingerprint density at radius 2 is 1.86 bits per heavy atom. The van der Waals surface area contributed by atoms with Gasteiger partial charge in [0.15, 0.2) is 5.82 Å². The normalized spacial score (nSPS) is 12.7. The van der Waals surface area contributed by atoms with Crippen LogP contribution in [0.3, 0.4) is 0 Å². The molecule has 1 aliphatic heterocycles. The number of carbonyl (C=O) groups is 2. The molecular formula is C25H29N7O3. The number of carbonyl (C=O) groups excluding carboxylic acids is 2. The molecule has 0 spiro atoms. The molecule has 0 unspecified atom stereocenters. The van der Waals surface area contributed by atoms with Gasteiger partial charge in [0, 0.05) is 32.7 Å². The number of ether oxygens (including phenoxy) is 1. The van der Waals surface area contributed by atoms with Gasteiger partial charge in [0.2, 0.25) is 5.95 Å². The lowest BCUT2D eigenvalue weighted by molar-refractivity contribution is 0.0949. The Labute approximate surface area is 204 Å². The van der Waals surface area contributed by atoms with Crippen molar-refractivity contribution >= 4 is 40.6 Å². The summed E-state index contributed by atoms with van der Waals surface area (Å²) in [7, 11) is 9.02. The molecule has 4 rings (SSSR count). The van der Waals surface area contributed by atoms with E-state index in [4.69, 9.17) is 9.72 Å². The van der Waals surface area contributed by atoms with Crippen molar-refractivity contribution in [2.24, 2.45) is 0 Å². The molecule has 0 fully saturated rings. The molecule has 0 radical (unpaired) electrons. The van der Waals surface area contributed by atoms with Crippen molar-refractivity contribution in [3.05, 3.63) is 59.8 Å². The molecule has 35 heavy (non-hydrogen) atoms. The summed E-state index contributed by atoms with van der Waals surface area (Å²) in [6.45, 7) is 1.28. The molecule has 0 aliphatic carbocycles. The number of aromatic nitrogens is 2. The first-order valence-electron chi connectivity index (χ1n) is 11.2. The minimum atomic E-state index is -0.183. The number of hydrogen-bond acceptors (Lipinski definition) is 8. The lowest BCUT2D eigenvalue weighted by Gasteiger charge is -2.21. The summed E-state index contributed by atoms with van der Waals surface area (Å²) < 4.78 is 5.48. The van der Waals surface area contributed by atoms with Crippen LogP contribution >= 0.6 is 0 Å². The summed E-state index contributed by atoms with van der Waals surface area (Å²) in [5, 5.41) is 6.07. The molecule has 2 heterocycles. The number of para-hydroxylation sites is 1. The van der Waals surface area contributed by atoms with Gasteiger partial charge in [-0.15, -0.1) is 0 Å². The molecule has 2 amide bonds. The van der Waals surface area contributed by atoms with Crippen molar-refractivity contribution in [1.29, 1.82) is 0 Å². The standard InChI is InChI=1S/C25H29N7O3/c1-30(2)13-12-26-23(33)16-10-11-21(35-5)18(14-16)28-25-27-15-20-22(29-25)31(3)19-9-7-6-8-17(19)24(34)32(20)4/h6-11,14-15H,12-13H2,1-5H3,(H,26,33)(H,27,28,29). The average molecular weight is 476 g/mol. The van der Waals surface area contributed by atoms with E-state index in [-0.39, 0.29) is 11.8 Å². The van der Waals surface area contributed by atoms with E-state index < -0.39 is 0 Å². The minimum Gasteiger partial charge on any atom is -0.495 e. The van der Waals surface area contributed by atoms with Crippen LogP contribution in [0.4, 0.5) is 28.8 Å². The quantitative estimate of drug-likeness (QED) is 0.538. The third-order valence-corrected chi connectivity index (χ3v) is 5.78. The Hall–Kier alpha value is -4.18. The number of nitrogens with one attached hydrogen (secondary N) is 2. The maximum absolute atomic E-state index is 13.0. The molecule has 10 nitrogen and oxygen atoms in total. The fourth-order valence-corrected chi connectivity index (χ4v) is 3.82. The van der Waals surface area contributed by atoms with Crippen LogP contribution in [0.1, 0.15) is 20.7 Å². The van der Waals surface area contributed by atoms with E-state index in [1.54, 1.807) is 49.5 Å². The second-order valence-electron chi connectivity index (χ2n) is 8.44. The second kappa shape index (κ2) is 9.98. The maximum Gasteiger partial charge on any atom is 0.260 e. The van der Waals surface area contributed by atoms with Crippen LogP contribution in [0.25, 0.3) is 0 Å². The smallest absolute Gasteiger partial charge is 0.260 e. The molecule has 2 N–H and O–H groups in total. The number of hydrogen-bond donors (Lipinski definition) is 2. The third kappa shape index (κ3) is 4.87. The fraction of sp³-hybridized carbons (Fsp3) is 0.280. The number of benzene rings is 2. The molecule has 0 atom stereocenters. The molecule has 0 bridgehead atoms. The monoisotopic (exact) mass is 475 g/mol. The van der Waals surface area contributed by atoms with E-state index in [2.05, 4.69) is 15.6 Å². The zero-order valence-corrected chi connectivity index (χ0v) is 20.5. The molecule has 2 aromatic carbocycles. The highest BCUT2D eigenvalue weighted by atomic mass is 16.5. The van der Waals surface area contributed by atoms with Gasteiger partial charge in [-0.2, -0.15) is 4.98 Å². The molecule has 182 valence electrons. The van der Waals surface area contributed by atoms with E-state index in [9.17, 15) is 9.59 Å². The van der Waals surface area contributed by atoms with Gasteiger partial charge in [-0.05, 0) is 44.4 Å². The largest absolute Gasteiger partial charge is 0.495 e. The molecule has 1 aliphatic rings. The van der Waals surface area contributed by atoms with Crippen LogP contribution in [0.5, 0.6) is 5.75 Å². The van der Waals surface area contributed by atoms with Gasteiger partial charge in [-0.3, -0.25) is 9.59 Å². The number of fused-ring (bicyclic) bond motifs is 2. The molecule has 10 heteroatoms. The van der Waals surface area contributed by atoms with Crippen molar-refractivity contribution in [2.75, 3.05) is 63.5 Å². The number of amides is 2. The van der Waals surface area contributed by atoms with E-state index in [1.165, 1.54) is 0 Å². The molecule has 0 saturated heterocycles. The third-order valence-electron chi connectivity index (χ3n) is 5.78. The van der Waals surface area contributed by atoms with Crippen molar-refractivity contribution in [3.63, 3.8) is 0 Å². The highest BCUT2D eigenvalue weighted by Crippen LogP contribution is 2.38. The number of likely N-dealkylation sites (N-methyl/N-ethyl adjacent to an activating group) is 1. The number of nitrogens with zero attached hydrogens (tertiary/aromatic N) is 5. The second-order valence-corrected chi connectivity index (χ2v) is 8.44. The predicted molar refractivity (Wildman–Crippen MR) is 136 cm³/mol. The molecule has 0 saturated carbocycles. The van der Waals surface area contributed by atoms with Gasteiger partial charge in [0.1, 0.15) is 11.4 Å². The Bertz CT molecular complexity index is 1260. The van der Waals surface area contributed by atoms with E-state index >= 15 is 0 Å². The van der Waals surface area contributed by atoms with E-state index in [0.29, 0.717) is 46.6 Å². The topological polar surface area (TPSA) is 103 Å². The van der Waals surface area contributed by atoms with Gasteiger partial charge < -0.3 is 30.1 Å². The van der Waals surface area contributed by atoms with Gasteiger partial charge >= 0.3 is 0 Å². The first kappa shape index (κ1) is 24.0. The van der Waals surface area contributed by atoms with Gasteiger partial charge in [0.05, 0.1) is 30.2 Å². The van der Waals surface area contributed by atoms with Crippen molar-refractivity contribution in [3.8, 4) is 5.75 Å². The molecule has 1 aromatic heterocycles. The zero-order valence-electron chi connectivity index (χ0n) is 20.5. The number of anilines is 5. The van der Waals surface area contributed by atoms with Crippen LogP contribution in [0.2, 0.25) is 0 Å². The average Bonchev–Trinajstić information content (AvgIpc) is 2.93. The molecular weight excluding hydrogens is 446 g/mol. The number of rotatable bonds is 7. The van der Waals surface area contributed by atoms with Crippen molar-refractivity contribution in [1.82, 2.24) is 20.2 Å². The van der Waals surface area contributed by atoms with Crippen molar-refractivity contribution < 1.29 is 14.3 Å². The summed E-state index contributed by atoms with van der Waals surface area (Å²) in [5.74, 6) is 1.10. The first-order valence-corrected chi connectivity index (χ1v) is 11.2. The minimum absolute atomic E-state index is 0.134. The van der Waals surface area contributed by atoms with Crippen LogP contribution < -0.4 is 25.2 Å². The molecule has 3 aromatic rings. The summed E-state index contributed by atoms with van der Waals surface area (Å²) in [5.41, 5.74) is 2.95. The van der Waals surface area contributed by atoms with E-state index in [0.717, 1.165) is 12.2 Å². The van der Waals surface area contributed by atoms with Crippen molar-refractivity contribution in [2.45, 2.75) is 0 Å². The Kier molecular flexibility index (Phi) is 6.83. The van der Waals surface area contributed by atoms with Gasteiger partial charge in [-0.25, -0.2) is 4.98 Å². The number of methoxy groups -OCH3 is 1. The predicted octanol–water partition coefficient (Wildman–Crippen LogP) is 2.88. The zero-order chi connectivity index (χ0) is 25.1. The van der Waals surface area contributed by atoms with Crippen LogP contribution in [-0.2, 0) is 0 Å². The highest BCUT2D eigenvalue weighted by molar-refractivity contribution is 6.13. The Morgan fingerprint density at radius 1 is 1.09 bits per heavy atom. The Morgan fingerprint density at radius 3 is 2.60 bits per heavy atom. The fourth-order valence-electron chi connectivity index (χ4n) is 3.82. The summed E-state index contributed by atoms with van der Waals surface area (Å²) >= 11 is 0. The van der Waals surface area contributed by atoms with E-state index in [1.807, 2.05) is 49.1 Å². The summed E-state index contributed by atoms with van der Waals surface area (Å²) in [6.07, 6.45) is 1.61. The van der Waals surface area contributed by atoms with Crippen LogP contribution in [-0.4, -0.2) is 75.1 Å². The lowest BCUT2D eigenvalue weighted by atomic mass is 10.1. The first-order chi connectivity index (χ1) is 16.8. The van der Waals surface area contributed by atoms with Crippen LogP contribution in [0, 0.1) is 0 Å². The highest BCUT2D eigenvalue weighted by Gasteiger charge is 2.28. The lowest BCUT2D eigenvalue weighted by Crippen LogP contribution is -2.31. The maximum atomic E-state index is 13.0. The van der Waals surface area contributed by atoms with Gasteiger partial charge in [-0.1, -0.05) is 12.1 Å². The SMILES string of the molecule is COc1ccc(C(=O)NCCN(C)C)cc1Nc1ncc2c(n1)N(C)c1ccccc1C(=O)N2C. The summed E-state index contributed by atoms with van der Waals surface area (Å²) in [6, 6.07) is 12.5. The van der Waals surface area contributed by atoms with Gasteiger partial charge in [0.25, 0.3) is 11.8 Å². The summed E-state index contributed by atoms with van der Waals surface area (Å²) in [4.78, 5) is 40.1. The van der Waals surface area contributed by atoms with Crippen LogP contribution in [0.15, 0.2) is 48.7 Å². The Balaban J connectivity index is 1.65.